The van der Waals surface area contributed by atoms with E-state index in [1.165, 1.54) is 44.9 Å². The molecule has 0 spiro atoms. The second-order valence-corrected chi connectivity index (χ2v) is 6.51. The Morgan fingerprint density at radius 2 is 2.11 bits per heavy atom. The van der Waals surface area contributed by atoms with Crippen molar-refractivity contribution in [2.45, 2.75) is 89.8 Å². The summed E-state index contributed by atoms with van der Waals surface area (Å²) in [7, 11) is 0. The van der Waals surface area contributed by atoms with E-state index in [4.69, 9.17) is 0 Å². The Kier molecular flexibility index (Phi) is 5.68. The van der Waals surface area contributed by atoms with Crippen molar-refractivity contribution in [2.24, 2.45) is 5.92 Å². The van der Waals surface area contributed by atoms with Crippen LogP contribution < -0.4 is 10.6 Å². The normalized spacial score (nSPS) is 31.8. The lowest BCUT2D eigenvalue weighted by molar-refractivity contribution is -0.123. The average molecular weight is 266 g/mol. The van der Waals surface area contributed by atoms with Gasteiger partial charge in [0.25, 0.3) is 0 Å². The van der Waals surface area contributed by atoms with Gasteiger partial charge in [-0.1, -0.05) is 39.0 Å². The van der Waals surface area contributed by atoms with Crippen molar-refractivity contribution in [3.63, 3.8) is 0 Å². The number of nitrogens with one attached hydrogen (secondary N) is 2. The molecule has 1 amide bonds. The molecular formula is C16H30N2O. The zero-order chi connectivity index (χ0) is 13.7. The standard InChI is InChI=1S/C16H30N2O/c1-3-4-5-8-12(2)17-16(19)15-11-13-9-6-7-10-14(13)18-15/h12-15,18H,3-11H2,1-2H3,(H,17,19). The maximum atomic E-state index is 12.3. The van der Waals surface area contributed by atoms with Gasteiger partial charge in [0.05, 0.1) is 6.04 Å². The molecule has 3 nitrogen and oxygen atoms in total. The largest absolute Gasteiger partial charge is 0.352 e. The lowest BCUT2D eigenvalue weighted by Gasteiger charge is -2.24. The van der Waals surface area contributed by atoms with Crippen LogP contribution in [0.2, 0.25) is 0 Å². The fourth-order valence-electron chi connectivity index (χ4n) is 3.64. The van der Waals surface area contributed by atoms with Gasteiger partial charge in [0, 0.05) is 12.1 Å². The predicted molar refractivity (Wildman–Crippen MR) is 79.0 cm³/mol. The van der Waals surface area contributed by atoms with Gasteiger partial charge in [0.1, 0.15) is 0 Å². The summed E-state index contributed by atoms with van der Waals surface area (Å²) < 4.78 is 0. The van der Waals surface area contributed by atoms with E-state index < -0.39 is 0 Å². The first kappa shape index (κ1) is 14.8. The third kappa shape index (κ3) is 4.20. The molecule has 1 saturated carbocycles. The van der Waals surface area contributed by atoms with Gasteiger partial charge >= 0.3 is 0 Å². The Bertz CT molecular complexity index is 278. The van der Waals surface area contributed by atoms with Crippen LogP contribution in [0.4, 0.5) is 0 Å². The van der Waals surface area contributed by atoms with Gasteiger partial charge in [-0.3, -0.25) is 4.79 Å². The van der Waals surface area contributed by atoms with Crippen molar-refractivity contribution in [2.75, 3.05) is 0 Å². The van der Waals surface area contributed by atoms with Gasteiger partial charge in [0.2, 0.25) is 5.91 Å². The zero-order valence-corrected chi connectivity index (χ0v) is 12.6. The lowest BCUT2D eigenvalue weighted by atomic mass is 9.85. The fourth-order valence-corrected chi connectivity index (χ4v) is 3.64. The second kappa shape index (κ2) is 7.28. The molecule has 0 bridgehead atoms. The van der Waals surface area contributed by atoms with E-state index in [9.17, 15) is 4.79 Å². The molecule has 110 valence electrons. The van der Waals surface area contributed by atoms with Crippen molar-refractivity contribution in [1.82, 2.24) is 10.6 Å². The van der Waals surface area contributed by atoms with Gasteiger partial charge in [0.15, 0.2) is 0 Å². The van der Waals surface area contributed by atoms with Crippen molar-refractivity contribution < 1.29 is 4.79 Å². The Hall–Kier alpha value is -0.570. The van der Waals surface area contributed by atoms with Gasteiger partial charge < -0.3 is 10.6 Å². The monoisotopic (exact) mass is 266 g/mol. The summed E-state index contributed by atoms with van der Waals surface area (Å²) in [5.41, 5.74) is 0. The fraction of sp³-hybridized carbons (Fsp3) is 0.938. The minimum Gasteiger partial charge on any atom is -0.352 e. The molecule has 0 aromatic heterocycles. The Balaban J connectivity index is 1.71. The second-order valence-electron chi connectivity index (χ2n) is 6.51. The molecule has 2 N–H and O–H groups in total. The van der Waals surface area contributed by atoms with Crippen LogP contribution in [0.15, 0.2) is 0 Å². The smallest absolute Gasteiger partial charge is 0.237 e. The van der Waals surface area contributed by atoms with Gasteiger partial charge in [-0.2, -0.15) is 0 Å². The van der Waals surface area contributed by atoms with E-state index in [-0.39, 0.29) is 11.9 Å². The van der Waals surface area contributed by atoms with Crippen LogP contribution in [0.25, 0.3) is 0 Å². The van der Waals surface area contributed by atoms with E-state index in [0.29, 0.717) is 12.1 Å². The number of fused-ring (bicyclic) bond motifs is 1. The molecule has 1 saturated heterocycles. The van der Waals surface area contributed by atoms with E-state index in [0.717, 1.165) is 18.8 Å². The molecule has 1 aliphatic carbocycles. The summed E-state index contributed by atoms with van der Waals surface area (Å²) >= 11 is 0. The summed E-state index contributed by atoms with van der Waals surface area (Å²) in [6.45, 7) is 4.35. The number of unbranched alkanes of at least 4 members (excludes halogenated alkanes) is 2. The average Bonchev–Trinajstić information content (AvgIpc) is 2.83. The molecule has 19 heavy (non-hydrogen) atoms. The summed E-state index contributed by atoms with van der Waals surface area (Å²) in [5, 5.41) is 6.74. The number of carbonyl (C=O) groups excluding carboxylic acids is 1. The highest BCUT2D eigenvalue weighted by molar-refractivity contribution is 5.82. The summed E-state index contributed by atoms with van der Waals surface area (Å²) in [4.78, 5) is 12.3. The highest BCUT2D eigenvalue weighted by Crippen LogP contribution is 2.33. The van der Waals surface area contributed by atoms with Gasteiger partial charge in [-0.25, -0.2) is 0 Å². The van der Waals surface area contributed by atoms with Crippen molar-refractivity contribution in [1.29, 1.82) is 0 Å². The number of hydrogen-bond acceptors (Lipinski definition) is 2. The molecule has 0 radical (unpaired) electrons. The molecular weight excluding hydrogens is 236 g/mol. The number of rotatable bonds is 6. The lowest BCUT2D eigenvalue weighted by Crippen LogP contribution is -2.46. The number of carbonyl (C=O) groups is 1. The van der Waals surface area contributed by atoms with Crippen molar-refractivity contribution in [3.8, 4) is 0 Å². The summed E-state index contributed by atoms with van der Waals surface area (Å²) in [6.07, 6.45) is 11.2. The maximum Gasteiger partial charge on any atom is 0.237 e. The van der Waals surface area contributed by atoms with Crippen LogP contribution >= 0.6 is 0 Å². The first-order valence-corrected chi connectivity index (χ1v) is 8.27. The molecule has 2 rings (SSSR count). The summed E-state index contributed by atoms with van der Waals surface area (Å²) in [5.74, 6) is 0.985. The zero-order valence-electron chi connectivity index (χ0n) is 12.6. The maximum absolute atomic E-state index is 12.3. The van der Waals surface area contributed by atoms with Crippen molar-refractivity contribution >= 4 is 5.91 Å². The predicted octanol–water partition coefficient (Wildman–Crippen LogP) is 2.99. The molecule has 2 aliphatic rings. The number of hydrogen-bond donors (Lipinski definition) is 2. The Morgan fingerprint density at radius 1 is 1.32 bits per heavy atom. The quantitative estimate of drug-likeness (QED) is 0.726. The summed E-state index contributed by atoms with van der Waals surface area (Å²) in [6, 6.07) is 1.00. The topological polar surface area (TPSA) is 41.1 Å². The SMILES string of the molecule is CCCCCC(C)NC(=O)C1CC2CCCCC2N1. The highest BCUT2D eigenvalue weighted by Gasteiger charge is 2.38. The van der Waals surface area contributed by atoms with E-state index in [1.54, 1.807) is 0 Å². The van der Waals surface area contributed by atoms with Gasteiger partial charge in [-0.15, -0.1) is 0 Å². The Morgan fingerprint density at radius 3 is 2.84 bits per heavy atom. The first-order chi connectivity index (χ1) is 9.20. The van der Waals surface area contributed by atoms with Crippen LogP contribution in [0.1, 0.15) is 71.6 Å². The van der Waals surface area contributed by atoms with Crippen molar-refractivity contribution in [3.05, 3.63) is 0 Å². The third-order valence-corrected chi connectivity index (χ3v) is 4.81. The van der Waals surface area contributed by atoms with Gasteiger partial charge in [-0.05, 0) is 38.5 Å². The molecule has 4 unspecified atom stereocenters. The molecule has 1 aliphatic heterocycles. The molecule has 2 fully saturated rings. The molecule has 3 heteroatoms. The molecule has 4 atom stereocenters. The third-order valence-electron chi connectivity index (χ3n) is 4.81. The van der Waals surface area contributed by atoms with Crippen LogP contribution in [-0.4, -0.2) is 24.0 Å². The van der Waals surface area contributed by atoms with Crippen LogP contribution in [0.5, 0.6) is 0 Å². The molecule has 0 aromatic carbocycles. The van der Waals surface area contributed by atoms with Crippen LogP contribution in [0.3, 0.4) is 0 Å². The van der Waals surface area contributed by atoms with Crippen LogP contribution in [-0.2, 0) is 4.79 Å². The van der Waals surface area contributed by atoms with E-state index in [1.807, 2.05) is 0 Å². The minimum absolute atomic E-state index is 0.0710. The first-order valence-electron chi connectivity index (χ1n) is 8.27. The highest BCUT2D eigenvalue weighted by atomic mass is 16.2. The van der Waals surface area contributed by atoms with E-state index >= 15 is 0 Å². The molecule has 0 aromatic rings. The molecule has 1 heterocycles. The van der Waals surface area contributed by atoms with Crippen LogP contribution in [0, 0.1) is 5.92 Å². The number of amides is 1. The Labute approximate surface area is 117 Å². The minimum atomic E-state index is 0.0710. The van der Waals surface area contributed by atoms with E-state index in [2.05, 4.69) is 24.5 Å².